The molecule has 1 aromatic rings. The number of rotatable bonds is 8. The molecule has 2 nitrogen and oxygen atoms in total. The van der Waals surface area contributed by atoms with Gasteiger partial charge >= 0.3 is 0 Å². The molecule has 0 amide bonds. The molecular weight excluding hydrogens is 258 g/mol. The van der Waals surface area contributed by atoms with Gasteiger partial charge in [0.1, 0.15) is 5.75 Å². The second-order valence-corrected chi connectivity index (χ2v) is 6.36. The average Bonchev–Trinajstić information content (AvgIpc) is 2.53. The second-order valence-electron chi connectivity index (χ2n) is 6.36. The Hall–Kier alpha value is -1.02. The molecule has 1 atom stereocenters. The maximum absolute atomic E-state index is 5.87. The normalized spacial score (nSPS) is 17.6. The van der Waals surface area contributed by atoms with E-state index in [1.807, 2.05) is 0 Å². The molecule has 0 N–H and O–H groups in total. The van der Waals surface area contributed by atoms with Gasteiger partial charge in [-0.1, -0.05) is 38.8 Å². The minimum atomic E-state index is 0.656. The Morgan fingerprint density at radius 2 is 1.81 bits per heavy atom. The van der Waals surface area contributed by atoms with Gasteiger partial charge in [-0.05, 0) is 62.4 Å². The fourth-order valence-corrected chi connectivity index (χ4v) is 3.15. The Balaban J connectivity index is 1.66. The third-order valence-corrected chi connectivity index (χ3v) is 4.51. The predicted octanol–water partition coefficient (Wildman–Crippen LogP) is 4.85. The summed E-state index contributed by atoms with van der Waals surface area (Å²) in [5.74, 6) is 1.67. The maximum atomic E-state index is 5.87. The van der Waals surface area contributed by atoms with Crippen LogP contribution in [0.4, 0.5) is 0 Å². The number of hydrogen-bond donors (Lipinski definition) is 0. The number of ether oxygens (including phenoxy) is 1. The molecule has 2 rings (SSSR count). The third kappa shape index (κ3) is 5.70. The highest BCUT2D eigenvalue weighted by atomic mass is 16.5. The first-order valence-electron chi connectivity index (χ1n) is 8.74. The average molecular weight is 289 g/mol. The van der Waals surface area contributed by atoms with E-state index in [0.29, 0.717) is 5.92 Å². The van der Waals surface area contributed by atoms with Gasteiger partial charge in [0, 0.05) is 6.54 Å². The molecule has 0 aromatic heterocycles. The standard InChI is InChI=1S/C19H31NO/c1-3-8-17(2)18-9-11-19(12-10-18)21-16-7-15-20-13-5-4-6-14-20/h9-12,17H,3-8,13-16H2,1-2H3. The summed E-state index contributed by atoms with van der Waals surface area (Å²) in [7, 11) is 0. The number of hydrogen-bond acceptors (Lipinski definition) is 2. The summed E-state index contributed by atoms with van der Waals surface area (Å²) >= 11 is 0. The van der Waals surface area contributed by atoms with Gasteiger partial charge in [-0.25, -0.2) is 0 Å². The monoisotopic (exact) mass is 289 g/mol. The zero-order valence-electron chi connectivity index (χ0n) is 13.8. The van der Waals surface area contributed by atoms with Crippen molar-refractivity contribution in [3.8, 4) is 5.75 Å². The van der Waals surface area contributed by atoms with Crippen LogP contribution < -0.4 is 4.74 Å². The van der Waals surface area contributed by atoms with Crippen LogP contribution in [-0.4, -0.2) is 31.1 Å². The molecule has 1 fully saturated rings. The molecule has 2 heteroatoms. The van der Waals surface area contributed by atoms with Crippen LogP contribution in [0, 0.1) is 0 Å². The van der Waals surface area contributed by atoms with Crippen LogP contribution in [0.2, 0.25) is 0 Å². The maximum Gasteiger partial charge on any atom is 0.119 e. The highest BCUT2D eigenvalue weighted by molar-refractivity contribution is 5.29. The van der Waals surface area contributed by atoms with Crippen molar-refractivity contribution in [1.29, 1.82) is 0 Å². The fourth-order valence-electron chi connectivity index (χ4n) is 3.15. The van der Waals surface area contributed by atoms with Crippen molar-refractivity contribution >= 4 is 0 Å². The second kappa shape index (κ2) is 9.09. The van der Waals surface area contributed by atoms with Crippen molar-refractivity contribution in [2.75, 3.05) is 26.2 Å². The topological polar surface area (TPSA) is 12.5 Å². The first-order valence-corrected chi connectivity index (χ1v) is 8.74. The van der Waals surface area contributed by atoms with E-state index >= 15 is 0 Å². The predicted molar refractivity (Wildman–Crippen MR) is 90.2 cm³/mol. The summed E-state index contributed by atoms with van der Waals surface area (Å²) in [6.07, 6.45) is 7.80. The highest BCUT2D eigenvalue weighted by Gasteiger charge is 2.09. The smallest absolute Gasteiger partial charge is 0.119 e. The quantitative estimate of drug-likeness (QED) is 0.635. The van der Waals surface area contributed by atoms with E-state index in [0.717, 1.165) is 18.8 Å². The van der Waals surface area contributed by atoms with Crippen molar-refractivity contribution in [2.24, 2.45) is 0 Å². The summed E-state index contributed by atoms with van der Waals surface area (Å²) in [5, 5.41) is 0. The summed E-state index contributed by atoms with van der Waals surface area (Å²) < 4.78 is 5.87. The number of likely N-dealkylation sites (tertiary alicyclic amines) is 1. The molecule has 0 bridgehead atoms. The lowest BCUT2D eigenvalue weighted by Gasteiger charge is -2.26. The molecule has 0 spiro atoms. The molecule has 21 heavy (non-hydrogen) atoms. The van der Waals surface area contributed by atoms with Gasteiger partial charge in [0.2, 0.25) is 0 Å². The van der Waals surface area contributed by atoms with Crippen molar-refractivity contribution in [2.45, 2.75) is 58.3 Å². The highest BCUT2D eigenvalue weighted by Crippen LogP contribution is 2.23. The Kier molecular flexibility index (Phi) is 7.08. The first-order chi connectivity index (χ1) is 10.3. The van der Waals surface area contributed by atoms with Gasteiger partial charge in [-0.3, -0.25) is 0 Å². The van der Waals surface area contributed by atoms with E-state index in [9.17, 15) is 0 Å². The molecule has 0 saturated carbocycles. The molecule has 1 aromatic carbocycles. The SMILES string of the molecule is CCCC(C)c1ccc(OCCCN2CCCCC2)cc1. The molecule has 1 aliphatic heterocycles. The van der Waals surface area contributed by atoms with Gasteiger partial charge in [-0.15, -0.1) is 0 Å². The summed E-state index contributed by atoms with van der Waals surface area (Å²) in [5.41, 5.74) is 1.43. The molecule has 118 valence electrons. The van der Waals surface area contributed by atoms with Gasteiger partial charge < -0.3 is 9.64 Å². The van der Waals surface area contributed by atoms with E-state index in [1.54, 1.807) is 0 Å². The van der Waals surface area contributed by atoms with Gasteiger partial charge in [-0.2, -0.15) is 0 Å². The van der Waals surface area contributed by atoms with Crippen molar-refractivity contribution < 1.29 is 4.74 Å². The summed E-state index contributed by atoms with van der Waals surface area (Å²) in [6.45, 7) is 9.13. The molecule has 1 saturated heterocycles. The Morgan fingerprint density at radius 1 is 1.10 bits per heavy atom. The third-order valence-electron chi connectivity index (χ3n) is 4.51. The lowest BCUT2D eigenvalue weighted by Crippen LogP contribution is -2.31. The Bertz CT molecular complexity index is 381. The van der Waals surface area contributed by atoms with Crippen LogP contribution in [0.15, 0.2) is 24.3 Å². The van der Waals surface area contributed by atoms with E-state index in [4.69, 9.17) is 4.74 Å². The number of piperidine rings is 1. The molecular formula is C19H31NO. The Labute approximate surface area is 130 Å². The fraction of sp³-hybridized carbons (Fsp3) is 0.684. The molecule has 1 aliphatic rings. The van der Waals surface area contributed by atoms with Crippen LogP contribution in [0.25, 0.3) is 0 Å². The van der Waals surface area contributed by atoms with E-state index in [1.165, 1.54) is 57.3 Å². The minimum absolute atomic E-state index is 0.656. The zero-order valence-corrected chi connectivity index (χ0v) is 13.8. The molecule has 0 aliphatic carbocycles. The lowest BCUT2D eigenvalue weighted by atomic mass is 9.97. The van der Waals surface area contributed by atoms with Gasteiger partial charge in [0.25, 0.3) is 0 Å². The summed E-state index contributed by atoms with van der Waals surface area (Å²) in [4.78, 5) is 2.57. The lowest BCUT2D eigenvalue weighted by molar-refractivity contribution is 0.205. The summed E-state index contributed by atoms with van der Waals surface area (Å²) in [6, 6.07) is 8.70. The van der Waals surface area contributed by atoms with E-state index < -0.39 is 0 Å². The van der Waals surface area contributed by atoms with E-state index in [2.05, 4.69) is 43.0 Å². The largest absolute Gasteiger partial charge is 0.494 e. The van der Waals surface area contributed by atoms with Crippen LogP contribution in [0.1, 0.15) is 63.9 Å². The Morgan fingerprint density at radius 3 is 2.48 bits per heavy atom. The molecule has 0 radical (unpaired) electrons. The molecule has 1 unspecified atom stereocenters. The molecule has 1 heterocycles. The van der Waals surface area contributed by atoms with Crippen molar-refractivity contribution in [3.63, 3.8) is 0 Å². The minimum Gasteiger partial charge on any atom is -0.494 e. The van der Waals surface area contributed by atoms with Crippen LogP contribution in [0.5, 0.6) is 5.75 Å². The van der Waals surface area contributed by atoms with Crippen molar-refractivity contribution in [1.82, 2.24) is 4.90 Å². The van der Waals surface area contributed by atoms with Crippen LogP contribution >= 0.6 is 0 Å². The van der Waals surface area contributed by atoms with Gasteiger partial charge in [0.15, 0.2) is 0 Å². The number of benzene rings is 1. The van der Waals surface area contributed by atoms with Gasteiger partial charge in [0.05, 0.1) is 6.61 Å². The van der Waals surface area contributed by atoms with Crippen LogP contribution in [-0.2, 0) is 0 Å². The van der Waals surface area contributed by atoms with E-state index in [-0.39, 0.29) is 0 Å². The van der Waals surface area contributed by atoms with Crippen LogP contribution in [0.3, 0.4) is 0 Å². The van der Waals surface area contributed by atoms with Crippen molar-refractivity contribution in [3.05, 3.63) is 29.8 Å². The number of nitrogens with zero attached hydrogens (tertiary/aromatic N) is 1. The zero-order chi connectivity index (χ0) is 14.9. The first kappa shape index (κ1) is 16.4.